The molecule has 0 spiro atoms. The zero-order chi connectivity index (χ0) is 17.2. The second kappa shape index (κ2) is 6.44. The van der Waals surface area contributed by atoms with Crippen LogP contribution in [0.2, 0.25) is 0 Å². The van der Waals surface area contributed by atoms with Gasteiger partial charge in [0.2, 0.25) is 0 Å². The fourth-order valence-electron chi connectivity index (χ4n) is 3.24. The minimum absolute atomic E-state index is 0.195. The van der Waals surface area contributed by atoms with E-state index in [0.29, 0.717) is 0 Å². The number of carbonyl (C=O) groups excluding carboxylic acids is 1. The molecule has 1 N–H and O–H groups in total. The Labute approximate surface area is 147 Å². The number of amides is 1. The number of cyclic esters (lactones) is 1. The lowest BCUT2D eigenvalue weighted by Gasteiger charge is -2.18. The molecule has 0 saturated carbocycles. The van der Waals surface area contributed by atoms with Crippen LogP contribution in [0.25, 0.3) is 11.1 Å². The molecular weight excluding hydrogens is 310 g/mol. The minimum atomic E-state index is -0.374. The van der Waals surface area contributed by atoms with Gasteiger partial charge < -0.3 is 10.1 Å². The van der Waals surface area contributed by atoms with Crippen molar-refractivity contribution in [2.24, 2.45) is 0 Å². The van der Waals surface area contributed by atoms with Gasteiger partial charge in [0.25, 0.3) is 0 Å². The van der Waals surface area contributed by atoms with Gasteiger partial charge in [-0.15, -0.1) is 0 Å². The molecule has 4 rings (SSSR count). The largest absolute Gasteiger partial charge is 0.439 e. The number of benzene rings is 3. The molecule has 0 bridgehead atoms. The third-order valence-corrected chi connectivity index (χ3v) is 4.57. The maximum atomic E-state index is 11.9. The lowest BCUT2D eigenvalue weighted by Crippen LogP contribution is -2.19. The van der Waals surface area contributed by atoms with Crippen molar-refractivity contribution in [3.05, 3.63) is 95.6 Å². The Hall–Kier alpha value is -3.07. The van der Waals surface area contributed by atoms with Crippen LogP contribution in [0.3, 0.4) is 0 Å². The van der Waals surface area contributed by atoms with E-state index in [4.69, 9.17) is 4.74 Å². The van der Waals surface area contributed by atoms with Gasteiger partial charge >= 0.3 is 6.09 Å². The summed E-state index contributed by atoms with van der Waals surface area (Å²) in [5.74, 6) is 0. The van der Waals surface area contributed by atoms with E-state index in [-0.39, 0.29) is 18.2 Å². The average Bonchev–Trinajstić information content (AvgIpc) is 3.05. The Morgan fingerprint density at radius 2 is 1.52 bits per heavy atom. The zero-order valence-electron chi connectivity index (χ0n) is 14.0. The fourth-order valence-corrected chi connectivity index (χ4v) is 3.24. The number of hydrogen-bond acceptors (Lipinski definition) is 2. The third kappa shape index (κ3) is 3.13. The molecule has 3 nitrogen and oxygen atoms in total. The van der Waals surface area contributed by atoms with Crippen LogP contribution in [0.15, 0.2) is 78.9 Å². The third-order valence-electron chi connectivity index (χ3n) is 4.57. The van der Waals surface area contributed by atoms with Crippen molar-refractivity contribution in [2.45, 2.75) is 19.1 Å². The fraction of sp³-hybridized carbons (Fsp3) is 0.136. The first-order chi connectivity index (χ1) is 12.2. The maximum absolute atomic E-state index is 11.9. The standard InChI is InChI=1S/C22H19NO2/c1-15-10-12-17(13-11-15)21-20(23-22(24)25-21)19-9-5-8-18(14-19)16-6-3-2-4-7-16/h2-14,20-21H,1H3,(H,23,24)/t20-,21-/m0/s1. The van der Waals surface area contributed by atoms with Crippen molar-refractivity contribution in [3.8, 4) is 11.1 Å². The smallest absolute Gasteiger partial charge is 0.408 e. The molecule has 0 aliphatic carbocycles. The molecule has 0 radical (unpaired) electrons. The van der Waals surface area contributed by atoms with Crippen molar-refractivity contribution in [1.29, 1.82) is 0 Å². The maximum Gasteiger partial charge on any atom is 0.408 e. The van der Waals surface area contributed by atoms with Crippen LogP contribution >= 0.6 is 0 Å². The number of alkyl carbamates (subject to hydrolysis) is 1. The summed E-state index contributed by atoms with van der Waals surface area (Å²) in [5, 5.41) is 2.95. The van der Waals surface area contributed by atoms with Gasteiger partial charge in [0.1, 0.15) is 0 Å². The van der Waals surface area contributed by atoms with Gasteiger partial charge in [0.05, 0.1) is 6.04 Å². The summed E-state index contributed by atoms with van der Waals surface area (Å²) in [5.41, 5.74) is 5.50. The summed E-state index contributed by atoms with van der Waals surface area (Å²) in [4.78, 5) is 11.9. The summed E-state index contributed by atoms with van der Waals surface area (Å²) in [6, 6.07) is 26.4. The van der Waals surface area contributed by atoms with Gasteiger partial charge in [0, 0.05) is 0 Å². The monoisotopic (exact) mass is 329 g/mol. The van der Waals surface area contributed by atoms with E-state index in [1.165, 1.54) is 5.56 Å². The van der Waals surface area contributed by atoms with Crippen LogP contribution in [0.1, 0.15) is 28.8 Å². The molecule has 1 aliphatic heterocycles. The molecule has 3 aromatic carbocycles. The molecule has 1 aliphatic rings. The Morgan fingerprint density at radius 3 is 2.28 bits per heavy atom. The van der Waals surface area contributed by atoms with E-state index in [1.807, 2.05) is 61.5 Å². The van der Waals surface area contributed by atoms with E-state index in [1.54, 1.807) is 0 Å². The number of carbonyl (C=O) groups is 1. The number of rotatable bonds is 3. The van der Waals surface area contributed by atoms with Crippen LogP contribution in [-0.2, 0) is 4.74 Å². The van der Waals surface area contributed by atoms with Gasteiger partial charge in [-0.3, -0.25) is 0 Å². The van der Waals surface area contributed by atoms with E-state index >= 15 is 0 Å². The SMILES string of the molecule is Cc1ccc([C@@H]2OC(=O)N[C@H]2c2cccc(-c3ccccc3)c2)cc1. The number of nitrogens with one attached hydrogen (secondary N) is 1. The second-order valence-corrected chi connectivity index (χ2v) is 6.35. The highest BCUT2D eigenvalue weighted by atomic mass is 16.6. The quantitative estimate of drug-likeness (QED) is 0.718. The minimum Gasteiger partial charge on any atom is -0.439 e. The predicted molar refractivity (Wildman–Crippen MR) is 98.2 cm³/mol. The Morgan fingerprint density at radius 1 is 0.800 bits per heavy atom. The number of hydrogen-bond donors (Lipinski definition) is 1. The zero-order valence-corrected chi connectivity index (χ0v) is 14.0. The molecule has 1 amide bonds. The highest BCUT2D eigenvalue weighted by Gasteiger charge is 2.36. The highest BCUT2D eigenvalue weighted by Crippen LogP contribution is 2.37. The predicted octanol–water partition coefficient (Wildman–Crippen LogP) is 5.18. The topological polar surface area (TPSA) is 38.3 Å². The number of aryl methyl sites for hydroxylation is 1. The highest BCUT2D eigenvalue weighted by molar-refractivity contribution is 5.72. The van der Waals surface area contributed by atoms with Crippen LogP contribution in [0.4, 0.5) is 4.79 Å². The molecule has 0 unspecified atom stereocenters. The first kappa shape index (κ1) is 15.5. The van der Waals surface area contributed by atoms with Crippen molar-refractivity contribution < 1.29 is 9.53 Å². The van der Waals surface area contributed by atoms with Crippen molar-refractivity contribution in [2.75, 3.05) is 0 Å². The van der Waals surface area contributed by atoms with Crippen molar-refractivity contribution in [1.82, 2.24) is 5.32 Å². The summed E-state index contributed by atoms with van der Waals surface area (Å²) >= 11 is 0. The Balaban J connectivity index is 1.70. The summed E-state index contributed by atoms with van der Waals surface area (Å²) in [6.07, 6.45) is -0.695. The van der Waals surface area contributed by atoms with Gasteiger partial charge in [-0.25, -0.2) is 4.79 Å². The second-order valence-electron chi connectivity index (χ2n) is 6.35. The molecule has 1 saturated heterocycles. The first-order valence-electron chi connectivity index (χ1n) is 8.40. The Kier molecular flexibility index (Phi) is 3.98. The van der Waals surface area contributed by atoms with Gasteiger partial charge in [0.15, 0.2) is 6.10 Å². The van der Waals surface area contributed by atoms with Crippen LogP contribution in [0.5, 0.6) is 0 Å². The summed E-state index contributed by atoms with van der Waals surface area (Å²) in [6.45, 7) is 2.05. The van der Waals surface area contributed by atoms with Crippen LogP contribution in [-0.4, -0.2) is 6.09 Å². The molecule has 3 aromatic rings. The molecule has 1 fully saturated rings. The summed E-state index contributed by atoms with van der Waals surface area (Å²) < 4.78 is 5.55. The van der Waals surface area contributed by atoms with Gasteiger partial charge in [-0.05, 0) is 35.2 Å². The average molecular weight is 329 g/mol. The molecule has 25 heavy (non-hydrogen) atoms. The lowest BCUT2D eigenvalue weighted by molar-refractivity contribution is 0.132. The molecule has 1 heterocycles. The van der Waals surface area contributed by atoms with Crippen molar-refractivity contribution in [3.63, 3.8) is 0 Å². The molecule has 0 aromatic heterocycles. The molecule has 3 heteroatoms. The van der Waals surface area contributed by atoms with Crippen LogP contribution < -0.4 is 5.32 Å². The van der Waals surface area contributed by atoms with E-state index in [9.17, 15) is 4.79 Å². The first-order valence-corrected chi connectivity index (χ1v) is 8.40. The van der Waals surface area contributed by atoms with Gasteiger partial charge in [-0.1, -0.05) is 78.4 Å². The molecular formula is C22H19NO2. The number of ether oxygens (including phenoxy) is 1. The Bertz CT molecular complexity index is 887. The van der Waals surface area contributed by atoms with Crippen LogP contribution in [0, 0.1) is 6.92 Å². The van der Waals surface area contributed by atoms with Gasteiger partial charge in [-0.2, -0.15) is 0 Å². The van der Waals surface area contributed by atoms with E-state index < -0.39 is 0 Å². The van der Waals surface area contributed by atoms with E-state index in [2.05, 4.69) is 29.6 Å². The van der Waals surface area contributed by atoms with Crippen molar-refractivity contribution >= 4 is 6.09 Å². The lowest BCUT2D eigenvalue weighted by atomic mass is 9.93. The normalized spacial score (nSPS) is 19.3. The molecule has 124 valence electrons. The van der Waals surface area contributed by atoms with E-state index in [0.717, 1.165) is 22.3 Å². The summed E-state index contributed by atoms with van der Waals surface area (Å²) in [7, 11) is 0. The molecule has 2 atom stereocenters.